The first kappa shape index (κ1) is 14.4. The topological polar surface area (TPSA) is 38.7 Å². The molecule has 112 valence electrons. The Bertz CT molecular complexity index is 998. The zero-order chi connectivity index (χ0) is 15.6. The molecule has 0 N–H and O–H groups in total. The SMILES string of the molecule is Clc1ccc2cccnc2c1CSc1nncc2ccccc12. The fraction of sp³-hybridized carbons (Fsp3) is 0.0556. The van der Waals surface area contributed by atoms with Crippen LogP contribution < -0.4 is 0 Å². The van der Waals surface area contributed by atoms with Gasteiger partial charge in [0.15, 0.2) is 0 Å². The van der Waals surface area contributed by atoms with Gasteiger partial charge in [0.1, 0.15) is 5.03 Å². The maximum atomic E-state index is 6.40. The zero-order valence-corrected chi connectivity index (χ0v) is 13.7. The normalized spacial score (nSPS) is 11.2. The van der Waals surface area contributed by atoms with Crippen LogP contribution in [-0.2, 0) is 5.75 Å². The Balaban J connectivity index is 1.73. The van der Waals surface area contributed by atoms with Crippen LogP contribution in [0.3, 0.4) is 0 Å². The van der Waals surface area contributed by atoms with Crippen molar-refractivity contribution in [3.63, 3.8) is 0 Å². The molecule has 0 aliphatic heterocycles. The van der Waals surface area contributed by atoms with Crippen LogP contribution in [0.15, 0.2) is 66.0 Å². The Kier molecular flexibility index (Phi) is 3.85. The third-order valence-corrected chi connectivity index (χ3v) is 5.07. The summed E-state index contributed by atoms with van der Waals surface area (Å²) in [7, 11) is 0. The van der Waals surface area contributed by atoms with Crippen LogP contribution in [0.25, 0.3) is 21.7 Å². The van der Waals surface area contributed by atoms with E-state index in [9.17, 15) is 0 Å². The minimum atomic E-state index is 0.704. The third kappa shape index (κ3) is 2.76. The quantitative estimate of drug-likeness (QED) is 0.486. The first-order chi connectivity index (χ1) is 11.3. The first-order valence-electron chi connectivity index (χ1n) is 7.18. The molecule has 0 amide bonds. The van der Waals surface area contributed by atoms with Crippen LogP contribution in [0.2, 0.25) is 5.02 Å². The molecule has 4 rings (SSSR count). The summed E-state index contributed by atoms with van der Waals surface area (Å²) < 4.78 is 0. The summed E-state index contributed by atoms with van der Waals surface area (Å²) in [6, 6.07) is 16.0. The van der Waals surface area contributed by atoms with Crippen LogP contribution >= 0.6 is 23.4 Å². The molecule has 2 heterocycles. The highest BCUT2D eigenvalue weighted by Gasteiger charge is 2.10. The lowest BCUT2D eigenvalue weighted by Gasteiger charge is -2.08. The van der Waals surface area contributed by atoms with Crippen molar-refractivity contribution in [3.05, 3.63) is 71.5 Å². The summed E-state index contributed by atoms with van der Waals surface area (Å²) in [6.45, 7) is 0. The molecule has 5 heteroatoms. The van der Waals surface area contributed by atoms with Crippen molar-refractivity contribution in [2.75, 3.05) is 0 Å². The zero-order valence-electron chi connectivity index (χ0n) is 12.1. The van der Waals surface area contributed by atoms with Crippen molar-refractivity contribution in [2.45, 2.75) is 10.8 Å². The van der Waals surface area contributed by atoms with Gasteiger partial charge in [-0.25, -0.2) is 0 Å². The lowest BCUT2D eigenvalue weighted by Crippen LogP contribution is -1.91. The number of hydrogen-bond donors (Lipinski definition) is 0. The highest BCUT2D eigenvalue weighted by atomic mass is 35.5. The monoisotopic (exact) mass is 337 g/mol. The Labute approximate surface area is 142 Å². The first-order valence-corrected chi connectivity index (χ1v) is 8.54. The van der Waals surface area contributed by atoms with Gasteiger partial charge in [0.2, 0.25) is 0 Å². The molecule has 0 atom stereocenters. The molecule has 0 aliphatic rings. The minimum Gasteiger partial charge on any atom is -0.256 e. The van der Waals surface area contributed by atoms with E-state index in [0.29, 0.717) is 5.75 Å². The van der Waals surface area contributed by atoms with Gasteiger partial charge >= 0.3 is 0 Å². The van der Waals surface area contributed by atoms with E-state index in [4.69, 9.17) is 11.6 Å². The summed E-state index contributed by atoms with van der Waals surface area (Å²) in [5, 5.41) is 13.3. The molecule has 23 heavy (non-hydrogen) atoms. The van der Waals surface area contributed by atoms with E-state index >= 15 is 0 Å². The maximum Gasteiger partial charge on any atom is 0.127 e. The summed E-state index contributed by atoms with van der Waals surface area (Å²) >= 11 is 8.03. The largest absolute Gasteiger partial charge is 0.256 e. The predicted molar refractivity (Wildman–Crippen MR) is 95.9 cm³/mol. The number of halogens is 1. The lowest BCUT2D eigenvalue weighted by atomic mass is 10.1. The second-order valence-corrected chi connectivity index (χ2v) is 6.50. The van der Waals surface area contributed by atoms with E-state index < -0.39 is 0 Å². The number of fused-ring (bicyclic) bond motifs is 2. The van der Waals surface area contributed by atoms with E-state index in [0.717, 1.165) is 37.3 Å². The number of rotatable bonds is 3. The number of hydrogen-bond acceptors (Lipinski definition) is 4. The summed E-state index contributed by atoms with van der Waals surface area (Å²) in [5.41, 5.74) is 1.98. The van der Waals surface area contributed by atoms with Gasteiger partial charge in [-0.05, 0) is 12.1 Å². The predicted octanol–water partition coefficient (Wildman–Crippen LogP) is 5.12. The molecule has 4 aromatic rings. The van der Waals surface area contributed by atoms with Gasteiger partial charge in [0, 0.05) is 38.7 Å². The Morgan fingerprint density at radius 2 is 1.83 bits per heavy atom. The Hall–Kier alpha value is -2.17. The van der Waals surface area contributed by atoms with Gasteiger partial charge in [-0.2, -0.15) is 5.10 Å². The summed E-state index contributed by atoms with van der Waals surface area (Å²) in [6.07, 6.45) is 3.58. The molecule has 3 nitrogen and oxygen atoms in total. The van der Waals surface area contributed by atoms with Gasteiger partial charge in [0.05, 0.1) is 11.7 Å². The molecule has 0 saturated carbocycles. The van der Waals surface area contributed by atoms with Gasteiger partial charge in [-0.3, -0.25) is 4.98 Å². The molecule has 0 aliphatic carbocycles. The van der Waals surface area contributed by atoms with Gasteiger partial charge in [-0.1, -0.05) is 59.8 Å². The molecule has 0 unspecified atom stereocenters. The van der Waals surface area contributed by atoms with E-state index in [1.165, 1.54) is 0 Å². The summed E-state index contributed by atoms with van der Waals surface area (Å²) in [4.78, 5) is 4.48. The second kappa shape index (κ2) is 6.14. The van der Waals surface area contributed by atoms with Crippen molar-refractivity contribution in [1.29, 1.82) is 0 Å². The van der Waals surface area contributed by atoms with Crippen LogP contribution in [0.1, 0.15) is 5.56 Å². The molecule has 0 radical (unpaired) electrons. The average molecular weight is 338 g/mol. The number of aromatic nitrogens is 3. The van der Waals surface area contributed by atoms with Crippen LogP contribution in [0, 0.1) is 0 Å². The third-order valence-electron chi connectivity index (χ3n) is 3.71. The standard InChI is InChI=1S/C18H12ClN3S/c19-16-8-7-12-5-3-9-20-17(12)15(16)11-23-18-14-6-2-1-4-13(14)10-21-22-18/h1-10H,11H2. The number of pyridine rings is 1. The lowest BCUT2D eigenvalue weighted by molar-refractivity contribution is 0.955. The van der Waals surface area contributed by atoms with E-state index in [-0.39, 0.29) is 0 Å². The Morgan fingerprint density at radius 1 is 0.957 bits per heavy atom. The van der Waals surface area contributed by atoms with Crippen molar-refractivity contribution in [2.24, 2.45) is 0 Å². The number of thioether (sulfide) groups is 1. The smallest absolute Gasteiger partial charge is 0.127 e. The highest BCUT2D eigenvalue weighted by Crippen LogP contribution is 2.32. The highest BCUT2D eigenvalue weighted by molar-refractivity contribution is 7.98. The van der Waals surface area contributed by atoms with Crippen molar-refractivity contribution < 1.29 is 0 Å². The number of nitrogens with zero attached hydrogens (tertiary/aromatic N) is 3. The molecule has 0 bridgehead atoms. The average Bonchev–Trinajstić information content (AvgIpc) is 2.61. The Morgan fingerprint density at radius 3 is 2.78 bits per heavy atom. The van der Waals surface area contributed by atoms with Crippen LogP contribution in [0.5, 0.6) is 0 Å². The molecule has 0 spiro atoms. The molecule has 2 aromatic carbocycles. The molecule has 0 fully saturated rings. The van der Waals surface area contributed by atoms with Crippen molar-refractivity contribution >= 4 is 45.0 Å². The van der Waals surface area contributed by atoms with Crippen molar-refractivity contribution in [3.8, 4) is 0 Å². The molecule has 2 aromatic heterocycles. The molecular weight excluding hydrogens is 326 g/mol. The molecular formula is C18H12ClN3S. The second-order valence-electron chi connectivity index (χ2n) is 5.13. The minimum absolute atomic E-state index is 0.704. The fourth-order valence-electron chi connectivity index (χ4n) is 2.57. The van der Waals surface area contributed by atoms with E-state index in [2.05, 4.69) is 21.2 Å². The van der Waals surface area contributed by atoms with Gasteiger partial charge < -0.3 is 0 Å². The fourth-order valence-corrected chi connectivity index (χ4v) is 3.89. The maximum absolute atomic E-state index is 6.40. The number of benzene rings is 2. The molecule has 0 saturated heterocycles. The van der Waals surface area contributed by atoms with Crippen molar-refractivity contribution in [1.82, 2.24) is 15.2 Å². The van der Waals surface area contributed by atoms with Gasteiger partial charge in [-0.15, -0.1) is 5.10 Å². The van der Waals surface area contributed by atoms with Gasteiger partial charge in [0.25, 0.3) is 0 Å². The van der Waals surface area contributed by atoms with Crippen LogP contribution in [-0.4, -0.2) is 15.2 Å². The van der Waals surface area contributed by atoms with E-state index in [1.807, 2.05) is 42.5 Å². The summed E-state index contributed by atoms with van der Waals surface area (Å²) in [5.74, 6) is 0.704. The van der Waals surface area contributed by atoms with E-state index in [1.54, 1.807) is 24.2 Å². The van der Waals surface area contributed by atoms with Crippen LogP contribution in [0.4, 0.5) is 0 Å².